The molecule has 3 rings (SSSR count). The highest BCUT2D eigenvalue weighted by Gasteiger charge is 2.19. The molecule has 0 aliphatic heterocycles. The summed E-state index contributed by atoms with van der Waals surface area (Å²) in [6.07, 6.45) is 4.85. The highest BCUT2D eigenvalue weighted by atomic mass is 32.2. The molecule has 0 atom stereocenters. The molecular weight excluding hydrogens is 280 g/mol. The van der Waals surface area contributed by atoms with Crippen LogP contribution in [0.2, 0.25) is 0 Å². The minimum absolute atomic E-state index is 0.0210. The Morgan fingerprint density at radius 3 is 2.81 bits per heavy atom. The number of aromatic nitrogens is 2. The number of rotatable bonds is 4. The molecule has 0 unspecified atom stereocenters. The average Bonchev–Trinajstić information content (AvgIpc) is 3.00. The van der Waals surface area contributed by atoms with Crippen molar-refractivity contribution >= 4 is 11.8 Å². The summed E-state index contributed by atoms with van der Waals surface area (Å²) in [5.41, 5.74) is 2.22. The van der Waals surface area contributed by atoms with Gasteiger partial charge in [0, 0.05) is 16.9 Å². The van der Waals surface area contributed by atoms with Gasteiger partial charge >= 0.3 is 0 Å². The Morgan fingerprint density at radius 1 is 1.29 bits per heavy atom. The highest BCUT2D eigenvalue weighted by Crippen LogP contribution is 2.32. The van der Waals surface area contributed by atoms with Gasteiger partial charge in [0.15, 0.2) is 0 Å². The van der Waals surface area contributed by atoms with Gasteiger partial charge in [-0.3, -0.25) is 4.79 Å². The second-order valence-corrected chi connectivity index (χ2v) is 6.67. The number of hydrogen-bond acceptors (Lipinski definition) is 3. The first kappa shape index (κ1) is 14.4. The van der Waals surface area contributed by atoms with Gasteiger partial charge in [0.1, 0.15) is 5.82 Å². The Labute approximate surface area is 129 Å². The van der Waals surface area contributed by atoms with E-state index in [0.717, 1.165) is 11.5 Å². The zero-order valence-electron chi connectivity index (χ0n) is 12.3. The lowest BCUT2D eigenvalue weighted by Crippen LogP contribution is -2.13. The molecule has 1 saturated carbocycles. The van der Waals surface area contributed by atoms with E-state index in [2.05, 4.69) is 29.0 Å². The first-order valence-electron chi connectivity index (χ1n) is 7.51. The van der Waals surface area contributed by atoms with Gasteiger partial charge in [-0.2, -0.15) is 0 Å². The third-order valence-electron chi connectivity index (χ3n) is 4.04. The minimum Gasteiger partial charge on any atom is -0.310 e. The van der Waals surface area contributed by atoms with Crippen LogP contribution in [0.25, 0.3) is 0 Å². The maximum Gasteiger partial charge on any atom is 0.251 e. The second-order valence-electron chi connectivity index (χ2n) is 5.65. The molecule has 2 aromatic rings. The number of aryl methyl sites for hydroxylation is 1. The molecule has 3 nitrogen and oxygen atoms in total. The maximum atomic E-state index is 11.8. The number of benzene rings is 1. The van der Waals surface area contributed by atoms with Crippen molar-refractivity contribution in [1.82, 2.24) is 9.97 Å². The van der Waals surface area contributed by atoms with Crippen molar-refractivity contribution in [1.29, 1.82) is 0 Å². The third-order valence-corrected chi connectivity index (χ3v) is 5.23. The summed E-state index contributed by atoms with van der Waals surface area (Å²) in [6.45, 7) is 2.10. The zero-order valence-corrected chi connectivity index (χ0v) is 13.1. The van der Waals surface area contributed by atoms with Crippen LogP contribution in [-0.2, 0) is 5.75 Å². The predicted octanol–water partition coefficient (Wildman–Crippen LogP) is 4.03. The molecule has 1 aliphatic carbocycles. The molecule has 110 valence electrons. The summed E-state index contributed by atoms with van der Waals surface area (Å²) < 4.78 is 0. The van der Waals surface area contributed by atoms with E-state index >= 15 is 0 Å². The monoisotopic (exact) mass is 300 g/mol. The van der Waals surface area contributed by atoms with Crippen LogP contribution in [-0.4, -0.2) is 9.97 Å². The van der Waals surface area contributed by atoms with E-state index in [0.29, 0.717) is 11.7 Å². The third kappa shape index (κ3) is 3.56. The molecule has 0 saturated heterocycles. The molecule has 0 spiro atoms. The van der Waals surface area contributed by atoms with Gasteiger partial charge in [0.25, 0.3) is 5.56 Å². The fourth-order valence-corrected chi connectivity index (χ4v) is 3.79. The summed E-state index contributed by atoms with van der Waals surface area (Å²) in [6, 6.07) is 9.98. The largest absolute Gasteiger partial charge is 0.310 e. The van der Waals surface area contributed by atoms with Crippen LogP contribution in [0.1, 0.15) is 48.7 Å². The van der Waals surface area contributed by atoms with Crippen molar-refractivity contribution < 1.29 is 0 Å². The van der Waals surface area contributed by atoms with Crippen LogP contribution in [0.5, 0.6) is 0 Å². The summed E-state index contributed by atoms with van der Waals surface area (Å²) in [5.74, 6) is 1.98. The van der Waals surface area contributed by atoms with E-state index in [-0.39, 0.29) is 5.56 Å². The minimum atomic E-state index is -0.0210. The number of hydrogen-bond donors (Lipinski definition) is 1. The molecule has 1 heterocycles. The molecule has 1 aromatic carbocycles. The number of thioether (sulfide) groups is 1. The van der Waals surface area contributed by atoms with Gasteiger partial charge in [0.05, 0.1) is 11.4 Å². The van der Waals surface area contributed by atoms with Crippen molar-refractivity contribution in [2.75, 3.05) is 0 Å². The fourth-order valence-electron chi connectivity index (χ4n) is 2.89. The van der Waals surface area contributed by atoms with Crippen molar-refractivity contribution in [3.05, 3.63) is 57.8 Å². The molecule has 1 aromatic heterocycles. The smallest absolute Gasteiger partial charge is 0.251 e. The lowest BCUT2D eigenvalue weighted by Gasteiger charge is -2.10. The van der Waals surface area contributed by atoms with E-state index in [1.807, 2.05) is 12.1 Å². The van der Waals surface area contributed by atoms with Crippen molar-refractivity contribution in [3.8, 4) is 0 Å². The van der Waals surface area contributed by atoms with Gasteiger partial charge in [-0.25, -0.2) is 4.98 Å². The van der Waals surface area contributed by atoms with Crippen LogP contribution >= 0.6 is 11.8 Å². The van der Waals surface area contributed by atoms with Crippen molar-refractivity contribution in [2.24, 2.45) is 0 Å². The fraction of sp³-hybridized carbons (Fsp3) is 0.412. The SMILES string of the molecule is Cc1ccccc1SCc1nc(C2CCCC2)cc(=O)[nH]1. The number of aromatic amines is 1. The van der Waals surface area contributed by atoms with Crippen LogP contribution in [0.4, 0.5) is 0 Å². The zero-order chi connectivity index (χ0) is 14.7. The van der Waals surface area contributed by atoms with Crippen LogP contribution in [0.3, 0.4) is 0 Å². The lowest BCUT2D eigenvalue weighted by atomic mass is 10.0. The predicted molar refractivity (Wildman–Crippen MR) is 86.8 cm³/mol. The molecular formula is C17H20N2OS. The Kier molecular flexibility index (Phi) is 4.44. The first-order chi connectivity index (χ1) is 10.2. The summed E-state index contributed by atoms with van der Waals surface area (Å²) in [4.78, 5) is 20.6. The second kappa shape index (κ2) is 6.48. The summed E-state index contributed by atoms with van der Waals surface area (Å²) in [5, 5.41) is 0. The summed E-state index contributed by atoms with van der Waals surface area (Å²) in [7, 11) is 0. The Balaban J connectivity index is 1.76. The van der Waals surface area contributed by atoms with Crippen molar-refractivity contribution in [3.63, 3.8) is 0 Å². The molecule has 0 radical (unpaired) electrons. The molecule has 21 heavy (non-hydrogen) atoms. The Hall–Kier alpha value is -1.55. The van der Waals surface area contributed by atoms with Crippen LogP contribution < -0.4 is 5.56 Å². The van der Waals surface area contributed by atoms with E-state index in [4.69, 9.17) is 0 Å². The van der Waals surface area contributed by atoms with Crippen LogP contribution in [0.15, 0.2) is 40.0 Å². The van der Waals surface area contributed by atoms with Gasteiger partial charge in [-0.15, -0.1) is 11.8 Å². The quantitative estimate of drug-likeness (QED) is 0.867. The van der Waals surface area contributed by atoms with Gasteiger partial charge in [-0.1, -0.05) is 31.0 Å². The highest BCUT2D eigenvalue weighted by molar-refractivity contribution is 7.98. The maximum absolute atomic E-state index is 11.8. The summed E-state index contributed by atoms with van der Waals surface area (Å²) >= 11 is 1.73. The van der Waals surface area contributed by atoms with E-state index in [1.54, 1.807) is 17.8 Å². The molecule has 4 heteroatoms. The topological polar surface area (TPSA) is 45.8 Å². The normalized spacial score (nSPS) is 15.5. The standard InChI is InChI=1S/C17H20N2OS/c1-12-6-2-5-9-15(12)21-11-16-18-14(10-17(20)19-16)13-7-3-4-8-13/h2,5-6,9-10,13H,3-4,7-8,11H2,1H3,(H,18,19,20). The molecule has 1 fully saturated rings. The van der Waals surface area contributed by atoms with E-state index in [1.165, 1.54) is 36.1 Å². The Morgan fingerprint density at radius 2 is 2.05 bits per heavy atom. The molecule has 1 aliphatic rings. The average molecular weight is 300 g/mol. The molecule has 0 bridgehead atoms. The number of nitrogens with zero attached hydrogens (tertiary/aromatic N) is 1. The first-order valence-corrected chi connectivity index (χ1v) is 8.49. The molecule has 0 amide bonds. The van der Waals surface area contributed by atoms with E-state index in [9.17, 15) is 4.79 Å². The van der Waals surface area contributed by atoms with Gasteiger partial charge in [-0.05, 0) is 31.4 Å². The van der Waals surface area contributed by atoms with Gasteiger partial charge in [0.2, 0.25) is 0 Å². The molecule has 1 N–H and O–H groups in total. The Bertz CT molecular complexity index is 674. The lowest BCUT2D eigenvalue weighted by molar-refractivity contribution is 0.685. The number of H-pyrrole nitrogens is 1. The van der Waals surface area contributed by atoms with Gasteiger partial charge < -0.3 is 4.98 Å². The van der Waals surface area contributed by atoms with Crippen molar-refractivity contribution in [2.45, 2.75) is 49.2 Å². The number of nitrogens with one attached hydrogen (secondary N) is 1. The van der Waals surface area contributed by atoms with Crippen LogP contribution in [0, 0.1) is 6.92 Å². The van der Waals surface area contributed by atoms with E-state index < -0.39 is 0 Å².